The van der Waals surface area contributed by atoms with Crippen LogP contribution in [0.15, 0.2) is 30.3 Å². The molecular weight excluding hydrogens is 352 g/mol. The van der Waals surface area contributed by atoms with Crippen LogP contribution in [0.2, 0.25) is 0 Å². The van der Waals surface area contributed by atoms with Crippen molar-refractivity contribution >= 4 is 23.6 Å². The average Bonchev–Trinajstić information content (AvgIpc) is 2.41. The van der Waals surface area contributed by atoms with Crippen molar-refractivity contribution in [2.24, 2.45) is 0 Å². The number of carbonyl (C=O) groups excluding carboxylic acids is 2. The van der Waals surface area contributed by atoms with Crippen LogP contribution in [0, 0.1) is 0 Å². The highest BCUT2D eigenvalue weighted by Crippen LogP contribution is 2.50. The Hall–Kier alpha value is -1.91. The quantitative estimate of drug-likeness (QED) is 0.641. The van der Waals surface area contributed by atoms with Gasteiger partial charge in [-0.15, -0.1) is 11.8 Å². The Morgan fingerprint density at radius 2 is 1.48 bits per heavy atom. The van der Waals surface area contributed by atoms with Gasteiger partial charge in [0.1, 0.15) is 0 Å². The minimum Gasteiger partial charge on any atom is -0.549 e. The smallest absolute Gasteiger partial charge is 0.430 e. The third-order valence-electron chi connectivity index (χ3n) is 2.53. The number of halogens is 6. The lowest BCUT2D eigenvalue weighted by Gasteiger charge is -2.37. The number of thioether (sulfide) groups is 1. The van der Waals surface area contributed by atoms with Crippen molar-refractivity contribution in [3.8, 4) is 0 Å². The van der Waals surface area contributed by atoms with Crippen molar-refractivity contribution in [3.05, 3.63) is 35.9 Å². The zero-order chi connectivity index (χ0) is 17.9. The molecule has 0 aliphatic heterocycles. The van der Waals surface area contributed by atoms with Crippen LogP contribution in [0.25, 0.3) is 0 Å². The SMILES string of the molecule is O=C([O-])CSC(NC(=O)c1ccccc1)(C(F)(F)F)C(F)(F)F. The first-order valence-electron chi connectivity index (χ1n) is 5.75. The van der Waals surface area contributed by atoms with E-state index in [4.69, 9.17) is 0 Å². The molecule has 0 aromatic heterocycles. The number of rotatable bonds is 5. The molecule has 23 heavy (non-hydrogen) atoms. The van der Waals surface area contributed by atoms with Gasteiger partial charge in [0.2, 0.25) is 0 Å². The molecule has 0 spiro atoms. The second kappa shape index (κ2) is 6.69. The zero-order valence-electron chi connectivity index (χ0n) is 11.0. The van der Waals surface area contributed by atoms with Gasteiger partial charge in [-0.1, -0.05) is 18.2 Å². The van der Waals surface area contributed by atoms with Crippen LogP contribution in [0.4, 0.5) is 26.3 Å². The van der Waals surface area contributed by atoms with Crippen molar-refractivity contribution in [3.63, 3.8) is 0 Å². The van der Waals surface area contributed by atoms with Gasteiger partial charge in [-0.05, 0) is 12.1 Å². The van der Waals surface area contributed by atoms with E-state index < -0.39 is 52.2 Å². The number of hydrogen-bond donors (Lipinski definition) is 1. The van der Waals surface area contributed by atoms with Gasteiger partial charge in [-0.25, -0.2) is 0 Å². The highest BCUT2D eigenvalue weighted by Gasteiger charge is 2.72. The number of alkyl halides is 6. The Morgan fingerprint density at radius 3 is 1.87 bits per heavy atom. The number of nitrogens with one attached hydrogen (secondary N) is 1. The van der Waals surface area contributed by atoms with E-state index in [9.17, 15) is 41.0 Å². The molecule has 0 aliphatic rings. The molecule has 1 amide bonds. The monoisotopic (exact) mass is 360 g/mol. The number of aliphatic carboxylic acids is 1. The summed E-state index contributed by atoms with van der Waals surface area (Å²) in [6.07, 6.45) is -12.0. The molecule has 1 rings (SSSR count). The summed E-state index contributed by atoms with van der Waals surface area (Å²) in [6.45, 7) is 0. The largest absolute Gasteiger partial charge is 0.549 e. The molecule has 11 heteroatoms. The van der Waals surface area contributed by atoms with Crippen molar-refractivity contribution in [1.29, 1.82) is 0 Å². The van der Waals surface area contributed by atoms with E-state index in [0.29, 0.717) is 0 Å². The first-order valence-corrected chi connectivity index (χ1v) is 6.74. The normalized spacial score (nSPS) is 12.8. The minimum absolute atomic E-state index is 0.445. The molecule has 1 aromatic rings. The Kier molecular flexibility index (Phi) is 5.56. The van der Waals surface area contributed by atoms with Gasteiger partial charge in [0.15, 0.2) is 0 Å². The number of amides is 1. The van der Waals surface area contributed by atoms with Gasteiger partial charge in [0.25, 0.3) is 10.8 Å². The fourth-order valence-corrected chi connectivity index (χ4v) is 2.32. The minimum atomic E-state index is -5.99. The van der Waals surface area contributed by atoms with Crippen LogP contribution in [-0.4, -0.2) is 34.9 Å². The number of benzene rings is 1. The Labute approximate surface area is 129 Å². The molecule has 0 radical (unpaired) electrons. The Balaban J connectivity index is 3.27. The summed E-state index contributed by atoms with van der Waals surface area (Å²) in [4.78, 5) is 17.2. The molecule has 0 aliphatic carbocycles. The van der Waals surface area contributed by atoms with Crippen LogP contribution >= 0.6 is 11.8 Å². The van der Waals surface area contributed by atoms with Crippen LogP contribution in [-0.2, 0) is 4.79 Å². The predicted octanol–water partition coefficient (Wildman–Crippen LogP) is 1.72. The molecule has 0 bridgehead atoms. The second-order valence-corrected chi connectivity index (χ2v) is 5.35. The highest BCUT2D eigenvalue weighted by atomic mass is 32.2. The maximum Gasteiger partial charge on any atom is 0.430 e. The third kappa shape index (κ3) is 4.30. The van der Waals surface area contributed by atoms with E-state index in [1.807, 2.05) is 0 Å². The van der Waals surface area contributed by atoms with Gasteiger partial charge in [0.05, 0.1) is 5.97 Å². The third-order valence-corrected chi connectivity index (χ3v) is 3.91. The van der Waals surface area contributed by atoms with Gasteiger partial charge in [-0.3, -0.25) is 4.79 Å². The van der Waals surface area contributed by atoms with Crippen LogP contribution in [0.3, 0.4) is 0 Å². The van der Waals surface area contributed by atoms with E-state index in [1.165, 1.54) is 18.2 Å². The number of carboxylic acid groups (broad SMARTS) is 1. The van der Waals surface area contributed by atoms with Crippen molar-refractivity contribution in [1.82, 2.24) is 5.32 Å². The van der Waals surface area contributed by atoms with Gasteiger partial charge < -0.3 is 15.2 Å². The predicted molar refractivity (Wildman–Crippen MR) is 66.2 cm³/mol. The van der Waals surface area contributed by atoms with Crippen molar-refractivity contribution < 1.29 is 41.0 Å². The molecule has 1 N–H and O–H groups in total. The van der Waals surface area contributed by atoms with Gasteiger partial charge in [-0.2, -0.15) is 26.3 Å². The van der Waals surface area contributed by atoms with Crippen LogP contribution in [0.1, 0.15) is 10.4 Å². The molecule has 0 atom stereocenters. The van der Waals surface area contributed by atoms with Crippen molar-refractivity contribution in [2.75, 3.05) is 5.75 Å². The van der Waals surface area contributed by atoms with Crippen LogP contribution < -0.4 is 10.4 Å². The topological polar surface area (TPSA) is 69.2 Å². The zero-order valence-corrected chi connectivity index (χ0v) is 11.8. The molecule has 4 nitrogen and oxygen atoms in total. The summed E-state index contributed by atoms with van der Waals surface area (Å²) < 4.78 is 78.2. The molecule has 0 heterocycles. The lowest BCUT2D eigenvalue weighted by atomic mass is 10.2. The first-order chi connectivity index (χ1) is 10.4. The second-order valence-electron chi connectivity index (χ2n) is 4.16. The summed E-state index contributed by atoms with van der Waals surface area (Å²) in [5.74, 6) is -5.40. The number of carbonyl (C=O) groups is 2. The summed E-state index contributed by atoms with van der Waals surface area (Å²) >= 11 is -1.03. The summed E-state index contributed by atoms with van der Waals surface area (Å²) in [5.41, 5.74) is -0.445. The Morgan fingerprint density at radius 1 is 1.00 bits per heavy atom. The number of carboxylic acids is 1. The molecule has 0 fully saturated rings. The van der Waals surface area contributed by atoms with Crippen molar-refractivity contribution in [2.45, 2.75) is 17.2 Å². The number of hydrogen-bond acceptors (Lipinski definition) is 4. The lowest BCUT2D eigenvalue weighted by Crippen LogP contribution is -2.65. The first kappa shape index (κ1) is 19.1. The lowest BCUT2D eigenvalue weighted by molar-refractivity contribution is -0.301. The summed E-state index contributed by atoms with van der Waals surface area (Å²) in [6, 6.07) is 5.91. The maximum absolute atomic E-state index is 13.0. The summed E-state index contributed by atoms with van der Waals surface area (Å²) in [7, 11) is 0. The van der Waals surface area contributed by atoms with E-state index in [1.54, 1.807) is 0 Å². The average molecular weight is 360 g/mol. The van der Waals surface area contributed by atoms with Gasteiger partial charge >= 0.3 is 12.4 Å². The molecule has 0 saturated heterocycles. The van der Waals surface area contributed by atoms with E-state index in [-0.39, 0.29) is 0 Å². The molecule has 0 unspecified atom stereocenters. The van der Waals surface area contributed by atoms with E-state index in [0.717, 1.165) is 17.4 Å². The Bertz CT molecular complexity index is 558. The molecular formula is C12H8F6NO3S-. The summed E-state index contributed by atoms with van der Waals surface area (Å²) in [5, 5.41) is 11.1. The molecule has 128 valence electrons. The fraction of sp³-hybridized carbons (Fsp3) is 0.333. The van der Waals surface area contributed by atoms with Crippen LogP contribution in [0.5, 0.6) is 0 Å². The maximum atomic E-state index is 13.0. The van der Waals surface area contributed by atoms with Gasteiger partial charge in [0, 0.05) is 11.3 Å². The fourth-order valence-electron chi connectivity index (χ4n) is 1.49. The molecule has 1 aromatic carbocycles. The highest BCUT2D eigenvalue weighted by molar-refractivity contribution is 8.01. The molecule has 0 saturated carbocycles. The van der Waals surface area contributed by atoms with E-state index in [2.05, 4.69) is 0 Å². The van der Waals surface area contributed by atoms with E-state index >= 15 is 0 Å². The standard InChI is InChI=1S/C12H9F6NO3S/c13-11(14,15)10(12(16,17)18,23-6-8(20)21)19-9(22)7-4-2-1-3-5-7/h1-5H,6H2,(H,19,22)(H,20,21)/p-1.